The number of aromatic nitrogens is 3. The van der Waals surface area contributed by atoms with Crippen LogP contribution in [-0.2, 0) is 6.54 Å². The monoisotopic (exact) mass is 263 g/mol. The van der Waals surface area contributed by atoms with Crippen molar-refractivity contribution in [2.75, 3.05) is 12.8 Å². The van der Waals surface area contributed by atoms with Gasteiger partial charge in [-0.2, -0.15) is 4.98 Å². The molecule has 0 amide bonds. The number of aliphatic imine (C=N–C) groups is 1. The molecule has 96 valence electrons. The van der Waals surface area contributed by atoms with Crippen molar-refractivity contribution < 1.29 is 0 Å². The highest BCUT2D eigenvalue weighted by Crippen LogP contribution is 2.32. The lowest BCUT2D eigenvalue weighted by molar-refractivity contribution is 0.490. The molecule has 5 nitrogen and oxygen atoms in total. The van der Waals surface area contributed by atoms with E-state index in [1.807, 2.05) is 17.0 Å². The number of rotatable bonds is 4. The quantitative estimate of drug-likeness (QED) is 0.663. The van der Waals surface area contributed by atoms with E-state index in [4.69, 9.17) is 4.99 Å². The summed E-state index contributed by atoms with van der Waals surface area (Å²) in [5.74, 6) is 1.29. The van der Waals surface area contributed by atoms with Crippen LogP contribution in [-0.4, -0.2) is 39.3 Å². The summed E-state index contributed by atoms with van der Waals surface area (Å²) in [6, 6.07) is 0.385. The fourth-order valence-electron chi connectivity index (χ4n) is 2.66. The van der Waals surface area contributed by atoms with E-state index in [1.165, 1.54) is 12.1 Å². The van der Waals surface area contributed by atoms with Crippen LogP contribution < -0.4 is 5.32 Å². The van der Waals surface area contributed by atoms with Crippen molar-refractivity contribution in [3.8, 4) is 0 Å². The van der Waals surface area contributed by atoms with Crippen LogP contribution in [0.2, 0.25) is 0 Å². The molecular weight excluding hydrogens is 246 g/mol. The van der Waals surface area contributed by atoms with E-state index in [9.17, 15) is 0 Å². The maximum atomic E-state index is 4.71. The van der Waals surface area contributed by atoms with Crippen molar-refractivity contribution >= 4 is 23.4 Å². The second-order valence-corrected chi connectivity index (χ2v) is 5.41. The van der Waals surface area contributed by atoms with Gasteiger partial charge in [-0.15, -0.1) is 11.7 Å². The summed E-state index contributed by atoms with van der Waals surface area (Å²) < 4.78 is 1.94. The van der Waals surface area contributed by atoms with Crippen LogP contribution in [0.5, 0.6) is 0 Å². The summed E-state index contributed by atoms with van der Waals surface area (Å²) in [7, 11) is 0. The average Bonchev–Trinajstić information content (AvgIpc) is 2.96. The van der Waals surface area contributed by atoms with E-state index in [0.717, 1.165) is 30.6 Å². The highest BCUT2D eigenvalue weighted by molar-refractivity contribution is 7.98. The zero-order valence-corrected chi connectivity index (χ0v) is 11.3. The molecule has 2 aliphatic rings. The van der Waals surface area contributed by atoms with E-state index < -0.39 is 0 Å². The van der Waals surface area contributed by atoms with Crippen LogP contribution >= 0.6 is 11.8 Å². The minimum absolute atomic E-state index is 0.385. The smallest absolute Gasteiger partial charge is 0.248 e. The van der Waals surface area contributed by atoms with Crippen molar-refractivity contribution in [3.63, 3.8) is 0 Å². The summed E-state index contributed by atoms with van der Waals surface area (Å²) in [5.41, 5.74) is 1.25. The predicted octanol–water partition coefficient (Wildman–Crippen LogP) is 1.64. The molecule has 0 saturated heterocycles. The average molecular weight is 263 g/mol. The second kappa shape index (κ2) is 4.85. The molecule has 0 bridgehead atoms. The fraction of sp³-hybridized carbons (Fsp3) is 0.583. The Balaban J connectivity index is 1.86. The van der Waals surface area contributed by atoms with E-state index >= 15 is 0 Å². The Kier molecular flexibility index (Phi) is 3.22. The second-order valence-electron chi connectivity index (χ2n) is 4.64. The minimum atomic E-state index is 0.385. The first-order chi connectivity index (χ1) is 8.81. The van der Waals surface area contributed by atoms with Gasteiger partial charge in [-0.3, -0.25) is 0 Å². The zero-order valence-electron chi connectivity index (χ0n) is 10.5. The number of hydrogen-bond donors (Lipinski definition) is 1. The number of nitrogens with one attached hydrogen (secondary N) is 1. The highest BCUT2D eigenvalue weighted by atomic mass is 32.2. The molecule has 1 aliphatic heterocycles. The maximum absolute atomic E-state index is 4.71. The Labute approximate surface area is 111 Å². The highest BCUT2D eigenvalue weighted by Gasteiger charge is 2.35. The Hall–Kier alpha value is -1.14. The standard InChI is InChI=1S/C12H17N5S/c1-3-6-13-9-5-4-8-7-17-11(14-10(8)9)15-12(16-17)18-2/h3,8-9,13H,1,4-7H2,2H3. The predicted molar refractivity (Wildman–Crippen MR) is 73.6 cm³/mol. The van der Waals surface area contributed by atoms with Crippen LogP contribution in [0.1, 0.15) is 12.8 Å². The van der Waals surface area contributed by atoms with Gasteiger partial charge in [-0.25, -0.2) is 9.67 Å². The maximum Gasteiger partial charge on any atom is 0.248 e. The van der Waals surface area contributed by atoms with Crippen LogP contribution in [0, 0.1) is 5.92 Å². The number of hydrogen-bond acceptors (Lipinski definition) is 5. The van der Waals surface area contributed by atoms with Crippen molar-refractivity contribution in [2.24, 2.45) is 10.9 Å². The van der Waals surface area contributed by atoms with Crippen LogP contribution in [0.4, 0.5) is 5.95 Å². The molecule has 6 heteroatoms. The molecule has 0 spiro atoms. The molecule has 0 aromatic carbocycles. The van der Waals surface area contributed by atoms with Crippen LogP contribution in [0.3, 0.4) is 0 Å². The third kappa shape index (κ3) is 1.99. The largest absolute Gasteiger partial charge is 0.305 e. The first kappa shape index (κ1) is 11.9. The normalized spacial score (nSPS) is 25.5. The zero-order chi connectivity index (χ0) is 12.5. The third-order valence-electron chi connectivity index (χ3n) is 3.53. The molecule has 0 radical (unpaired) electrons. The first-order valence-corrected chi connectivity index (χ1v) is 7.46. The molecule has 2 heterocycles. The fourth-order valence-corrected chi connectivity index (χ4v) is 3.02. The summed E-state index contributed by atoms with van der Waals surface area (Å²) in [6.07, 6.45) is 6.22. The molecule has 2 unspecified atom stereocenters. The molecule has 1 aliphatic carbocycles. The third-order valence-corrected chi connectivity index (χ3v) is 4.06. The minimum Gasteiger partial charge on any atom is -0.305 e. The van der Waals surface area contributed by atoms with Gasteiger partial charge < -0.3 is 5.32 Å². The van der Waals surface area contributed by atoms with Crippen molar-refractivity contribution in [1.29, 1.82) is 0 Å². The Morgan fingerprint density at radius 1 is 1.56 bits per heavy atom. The summed E-state index contributed by atoms with van der Waals surface area (Å²) in [4.78, 5) is 9.13. The molecule has 18 heavy (non-hydrogen) atoms. The van der Waals surface area contributed by atoms with E-state index in [2.05, 4.69) is 22.0 Å². The molecule has 2 atom stereocenters. The Morgan fingerprint density at radius 2 is 2.44 bits per heavy atom. The Bertz CT molecular complexity index is 493. The van der Waals surface area contributed by atoms with E-state index in [1.54, 1.807) is 11.8 Å². The number of nitrogens with zero attached hydrogens (tertiary/aromatic N) is 4. The van der Waals surface area contributed by atoms with Crippen molar-refractivity contribution in [2.45, 2.75) is 30.6 Å². The van der Waals surface area contributed by atoms with Gasteiger partial charge in [0.2, 0.25) is 11.1 Å². The van der Waals surface area contributed by atoms with Gasteiger partial charge >= 0.3 is 0 Å². The topological polar surface area (TPSA) is 55.1 Å². The lowest BCUT2D eigenvalue weighted by Gasteiger charge is -2.20. The van der Waals surface area contributed by atoms with Crippen molar-refractivity contribution in [1.82, 2.24) is 20.1 Å². The molecule has 1 fully saturated rings. The van der Waals surface area contributed by atoms with E-state index in [0.29, 0.717) is 12.0 Å². The van der Waals surface area contributed by atoms with Gasteiger partial charge in [-0.1, -0.05) is 17.8 Å². The summed E-state index contributed by atoms with van der Waals surface area (Å²) >= 11 is 1.56. The van der Waals surface area contributed by atoms with Crippen molar-refractivity contribution in [3.05, 3.63) is 12.7 Å². The van der Waals surface area contributed by atoms with Gasteiger partial charge in [0.15, 0.2) is 0 Å². The van der Waals surface area contributed by atoms with Crippen LogP contribution in [0.15, 0.2) is 22.8 Å². The lowest BCUT2D eigenvalue weighted by atomic mass is 10.0. The van der Waals surface area contributed by atoms with Gasteiger partial charge in [0.25, 0.3) is 0 Å². The molecule has 1 N–H and O–H groups in total. The molecule has 1 aromatic heterocycles. The molecule has 1 saturated carbocycles. The SMILES string of the molecule is C=CCNC1CCC2Cn3nc(SC)nc3N=C21. The summed E-state index contributed by atoms with van der Waals surface area (Å²) in [6.45, 7) is 5.50. The van der Waals surface area contributed by atoms with Gasteiger partial charge in [0, 0.05) is 24.2 Å². The lowest BCUT2D eigenvalue weighted by Crippen LogP contribution is -2.36. The van der Waals surface area contributed by atoms with E-state index in [-0.39, 0.29) is 0 Å². The number of thioether (sulfide) groups is 1. The van der Waals surface area contributed by atoms with Crippen LogP contribution in [0.25, 0.3) is 0 Å². The van der Waals surface area contributed by atoms with Gasteiger partial charge in [0.05, 0.1) is 6.54 Å². The van der Waals surface area contributed by atoms with Gasteiger partial charge in [-0.05, 0) is 19.1 Å². The molecule has 1 aromatic rings. The van der Waals surface area contributed by atoms with Gasteiger partial charge in [0.1, 0.15) is 0 Å². The number of fused-ring (bicyclic) bond motifs is 2. The Morgan fingerprint density at radius 3 is 3.22 bits per heavy atom. The first-order valence-electron chi connectivity index (χ1n) is 6.23. The molecular formula is C12H17N5S. The molecule has 3 rings (SSSR count). The summed E-state index contributed by atoms with van der Waals surface area (Å²) in [5, 5.41) is 8.72.